The van der Waals surface area contributed by atoms with Gasteiger partial charge in [0.25, 0.3) is 0 Å². The summed E-state index contributed by atoms with van der Waals surface area (Å²) in [4.78, 5) is 25.1. The third-order valence-electron chi connectivity index (χ3n) is 3.52. The number of imidazole rings is 1. The van der Waals surface area contributed by atoms with E-state index in [9.17, 15) is 20.1 Å². The highest BCUT2D eigenvalue weighted by molar-refractivity contribution is 5.80. The van der Waals surface area contributed by atoms with Gasteiger partial charge >= 0.3 is 0 Å². The van der Waals surface area contributed by atoms with E-state index in [1.165, 1.54) is 19.6 Å². The lowest BCUT2D eigenvalue weighted by Crippen LogP contribution is -2.63. The molecule has 0 bridgehead atoms. The zero-order chi connectivity index (χ0) is 18.6. The van der Waals surface area contributed by atoms with Gasteiger partial charge in [-0.3, -0.25) is 4.79 Å². The number of fused-ring (bicyclic) bond motifs is 1. The molecule has 0 aromatic carbocycles. The number of amides is 1. The van der Waals surface area contributed by atoms with Gasteiger partial charge in [0.2, 0.25) is 5.91 Å². The Morgan fingerprint density at radius 1 is 1.32 bits per heavy atom. The van der Waals surface area contributed by atoms with E-state index >= 15 is 0 Å². The number of aliphatic hydroxyl groups excluding tert-OH is 4. The molecule has 1 unspecified atom stereocenters. The largest absolute Gasteiger partial charge is 0.394 e. The van der Waals surface area contributed by atoms with Crippen molar-refractivity contribution in [3.05, 3.63) is 12.7 Å². The predicted molar refractivity (Wildman–Crippen MR) is 83.7 cm³/mol. The first-order valence-corrected chi connectivity index (χ1v) is 7.32. The number of rotatable bonds is 2. The fraction of sp³-hybridized carbons (Fsp3) is 0.538. The van der Waals surface area contributed by atoms with Gasteiger partial charge in [-0.15, -0.1) is 0 Å². The Kier molecular flexibility index (Phi) is 6.17. The standard InChI is InChI=1S/C8H15NO6.C5H5N5/c1-3(11)9-5-7(13)6(12)4(2-10)15-8(5)14;6-4-3-5(9-1-7-3)10-2-8-4/h4-8,10,12-14H,2H2,1H3,(H,9,11);1-2H,(H3,6,7,8,9,10)/t4-,5-,6-,7-,8?;/m1./s1. The second-order valence-electron chi connectivity index (χ2n) is 5.32. The van der Waals surface area contributed by atoms with Crippen LogP contribution in [0.1, 0.15) is 6.92 Å². The van der Waals surface area contributed by atoms with Crippen molar-refractivity contribution < 1.29 is 30.0 Å². The van der Waals surface area contributed by atoms with Crippen molar-refractivity contribution in [3.63, 3.8) is 0 Å². The van der Waals surface area contributed by atoms with Crippen LogP contribution >= 0.6 is 0 Å². The van der Waals surface area contributed by atoms with Crippen LogP contribution in [0.25, 0.3) is 11.2 Å². The molecule has 0 saturated carbocycles. The summed E-state index contributed by atoms with van der Waals surface area (Å²) in [5, 5.41) is 39.4. The molecule has 2 aromatic rings. The predicted octanol–water partition coefficient (Wildman–Crippen LogP) is -3.14. The van der Waals surface area contributed by atoms with Gasteiger partial charge in [-0.05, 0) is 0 Å². The van der Waals surface area contributed by atoms with E-state index in [4.69, 9.17) is 15.6 Å². The summed E-state index contributed by atoms with van der Waals surface area (Å²) in [5.74, 6) is -0.0288. The number of anilines is 1. The van der Waals surface area contributed by atoms with Crippen LogP contribution in [0.5, 0.6) is 0 Å². The normalized spacial score (nSPS) is 28.9. The van der Waals surface area contributed by atoms with Gasteiger partial charge in [0.15, 0.2) is 17.8 Å². The summed E-state index contributed by atoms with van der Waals surface area (Å²) in [6.45, 7) is 0.687. The molecule has 138 valence electrons. The number of nitrogen functional groups attached to an aromatic ring is 1. The van der Waals surface area contributed by atoms with Crippen LogP contribution in [-0.4, -0.2) is 83.5 Å². The number of carbonyl (C=O) groups is 1. The highest BCUT2D eigenvalue weighted by Gasteiger charge is 2.43. The summed E-state index contributed by atoms with van der Waals surface area (Å²) in [6.07, 6.45) is -2.32. The lowest BCUT2D eigenvalue weighted by atomic mass is 9.97. The first kappa shape index (κ1) is 19.0. The maximum absolute atomic E-state index is 10.7. The summed E-state index contributed by atoms with van der Waals surface area (Å²) in [7, 11) is 0. The van der Waals surface area contributed by atoms with E-state index in [-0.39, 0.29) is 0 Å². The fourth-order valence-electron chi connectivity index (χ4n) is 2.27. The highest BCUT2D eigenvalue weighted by Crippen LogP contribution is 2.19. The Labute approximate surface area is 141 Å². The van der Waals surface area contributed by atoms with Crippen molar-refractivity contribution in [1.82, 2.24) is 25.3 Å². The average molecular weight is 356 g/mol. The highest BCUT2D eigenvalue weighted by atomic mass is 16.6. The van der Waals surface area contributed by atoms with E-state index in [1.807, 2.05) is 0 Å². The number of aromatic nitrogens is 4. The van der Waals surface area contributed by atoms with Crippen LogP contribution in [0.3, 0.4) is 0 Å². The summed E-state index contributed by atoms with van der Waals surface area (Å²) in [6, 6.07) is -1.10. The molecule has 0 aliphatic carbocycles. The van der Waals surface area contributed by atoms with E-state index in [0.717, 1.165) is 0 Å². The number of H-pyrrole nitrogens is 1. The number of aliphatic hydroxyl groups is 4. The second-order valence-corrected chi connectivity index (χ2v) is 5.32. The molecule has 25 heavy (non-hydrogen) atoms. The maximum Gasteiger partial charge on any atom is 0.217 e. The molecule has 0 radical (unpaired) electrons. The Morgan fingerprint density at radius 2 is 2.04 bits per heavy atom. The second kappa shape index (κ2) is 8.13. The fourth-order valence-corrected chi connectivity index (χ4v) is 2.27. The monoisotopic (exact) mass is 356 g/mol. The van der Waals surface area contributed by atoms with Gasteiger partial charge in [0, 0.05) is 6.92 Å². The van der Waals surface area contributed by atoms with Gasteiger partial charge in [-0.2, -0.15) is 0 Å². The van der Waals surface area contributed by atoms with Crippen LogP contribution in [-0.2, 0) is 9.53 Å². The molecule has 1 saturated heterocycles. The maximum atomic E-state index is 10.7. The number of hydrogen-bond donors (Lipinski definition) is 7. The zero-order valence-electron chi connectivity index (χ0n) is 13.3. The average Bonchev–Trinajstić information content (AvgIpc) is 3.05. The molecule has 1 aliphatic rings. The van der Waals surface area contributed by atoms with Crippen LogP contribution in [0, 0.1) is 0 Å². The third kappa shape index (κ3) is 4.37. The molecule has 2 aromatic heterocycles. The van der Waals surface area contributed by atoms with Gasteiger partial charge in [-0.1, -0.05) is 0 Å². The van der Waals surface area contributed by atoms with E-state index in [0.29, 0.717) is 17.0 Å². The molecule has 5 atom stereocenters. The summed E-state index contributed by atoms with van der Waals surface area (Å²) >= 11 is 0. The van der Waals surface area contributed by atoms with Gasteiger partial charge < -0.3 is 41.2 Å². The molecular weight excluding hydrogens is 336 g/mol. The molecule has 12 heteroatoms. The number of aromatic amines is 1. The summed E-state index contributed by atoms with van der Waals surface area (Å²) in [5.41, 5.74) is 6.78. The van der Waals surface area contributed by atoms with Gasteiger partial charge in [0.1, 0.15) is 36.2 Å². The Morgan fingerprint density at radius 3 is 2.64 bits per heavy atom. The minimum atomic E-state index is -1.45. The number of hydrogen-bond acceptors (Lipinski definition) is 10. The van der Waals surface area contributed by atoms with Gasteiger partial charge in [-0.25, -0.2) is 15.0 Å². The SMILES string of the molecule is CC(=O)N[C@H]1C(O)O[C@H](CO)[C@@H](O)[C@@H]1O.Nc1ncnc2nc[nH]c12. The first-order chi connectivity index (χ1) is 11.8. The van der Waals surface area contributed by atoms with Crippen molar-refractivity contribution in [3.8, 4) is 0 Å². The Hall–Kier alpha value is -2.38. The van der Waals surface area contributed by atoms with Crippen molar-refractivity contribution >= 4 is 22.9 Å². The van der Waals surface area contributed by atoms with Crippen molar-refractivity contribution in [2.45, 2.75) is 37.6 Å². The van der Waals surface area contributed by atoms with Crippen LogP contribution in [0.15, 0.2) is 12.7 Å². The zero-order valence-corrected chi connectivity index (χ0v) is 13.3. The molecule has 1 fully saturated rings. The smallest absolute Gasteiger partial charge is 0.217 e. The molecule has 1 amide bonds. The number of nitrogens with one attached hydrogen (secondary N) is 2. The molecule has 12 nitrogen and oxygen atoms in total. The molecule has 8 N–H and O–H groups in total. The van der Waals surface area contributed by atoms with Crippen molar-refractivity contribution in [2.75, 3.05) is 12.3 Å². The van der Waals surface area contributed by atoms with Crippen LogP contribution in [0.4, 0.5) is 5.82 Å². The van der Waals surface area contributed by atoms with E-state index in [2.05, 4.69) is 25.3 Å². The number of nitrogens with zero attached hydrogens (tertiary/aromatic N) is 3. The Balaban J connectivity index is 0.000000194. The number of ether oxygens (including phenoxy) is 1. The number of nitrogens with two attached hydrogens (primary N) is 1. The molecular formula is C13H20N6O6. The van der Waals surface area contributed by atoms with Crippen molar-refractivity contribution in [1.29, 1.82) is 0 Å². The van der Waals surface area contributed by atoms with Gasteiger partial charge in [0.05, 0.1) is 12.9 Å². The minimum Gasteiger partial charge on any atom is -0.394 e. The molecule has 1 aliphatic heterocycles. The lowest BCUT2D eigenvalue weighted by Gasteiger charge is -2.40. The lowest BCUT2D eigenvalue weighted by molar-refractivity contribution is -0.253. The first-order valence-electron chi connectivity index (χ1n) is 7.32. The quantitative estimate of drug-likeness (QED) is 0.288. The minimum absolute atomic E-state index is 0.433. The number of carbonyl (C=O) groups excluding carboxylic acids is 1. The third-order valence-corrected chi connectivity index (χ3v) is 3.52. The van der Waals surface area contributed by atoms with E-state index < -0.39 is 43.2 Å². The topological polar surface area (TPSA) is 200 Å². The summed E-state index contributed by atoms with van der Waals surface area (Å²) < 4.78 is 4.81. The molecule has 3 rings (SSSR count). The molecule has 3 heterocycles. The Bertz CT molecular complexity index is 711. The van der Waals surface area contributed by atoms with Crippen molar-refractivity contribution in [2.24, 2.45) is 0 Å². The van der Waals surface area contributed by atoms with E-state index in [1.54, 1.807) is 0 Å². The van der Waals surface area contributed by atoms with Crippen LogP contribution in [0.2, 0.25) is 0 Å². The van der Waals surface area contributed by atoms with Crippen LogP contribution < -0.4 is 11.1 Å². The molecule has 0 spiro atoms.